The number of aromatic nitrogens is 2. The second-order valence-electron chi connectivity index (χ2n) is 4.48. The van der Waals surface area contributed by atoms with Crippen LogP contribution in [0.2, 0.25) is 0 Å². The fraction of sp³-hybridized carbons (Fsp3) is 0.583. The van der Waals surface area contributed by atoms with Gasteiger partial charge < -0.3 is 10.6 Å². The van der Waals surface area contributed by atoms with E-state index in [1.165, 1.54) is 0 Å². The minimum atomic E-state index is -0.0831. The molecule has 0 aromatic carbocycles. The van der Waals surface area contributed by atoms with Crippen molar-refractivity contribution in [2.75, 3.05) is 6.54 Å². The molecule has 0 aliphatic carbocycles. The first kappa shape index (κ1) is 14.6. The molecule has 1 rings (SSSR count). The summed E-state index contributed by atoms with van der Waals surface area (Å²) in [6.45, 7) is 8.66. The molecule has 100 valence electrons. The van der Waals surface area contributed by atoms with Gasteiger partial charge in [0.25, 0.3) is 5.91 Å². The van der Waals surface area contributed by atoms with Crippen LogP contribution < -0.4 is 5.73 Å². The van der Waals surface area contributed by atoms with Gasteiger partial charge >= 0.3 is 0 Å². The molecule has 0 aliphatic rings. The first-order valence-corrected chi connectivity index (χ1v) is 6.41. The standard InChI is InChI=1S/C12H20N4OS/c1-5-16-10(6-9(4)14-16)12(17)15(8(2)3)7-11(13)18/h6,8H,5,7H2,1-4H3,(H2,13,18). The summed E-state index contributed by atoms with van der Waals surface area (Å²) < 4.78 is 1.70. The maximum atomic E-state index is 12.5. The zero-order chi connectivity index (χ0) is 13.9. The van der Waals surface area contributed by atoms with E-state index >= 15 is 0 Å². The topological polar surface area (TPSA) is 64.2 Å². The van der Waals surface area contributed by atoms with Gasteiger partial charge in [-0.15, -0.1) is 0 Å². The number of carbonyl (C=O) groups excluding carboxylic acids is 1. The fourth-order valence-electron chi connectivity index (χ4n) is 1.76. The summed E-state index contributed by atoms with van der Waals surface area (Å²) in [5, 5.41) is 4.28. The highest BCUT2D eigenvalue weighted by Crippen LogP contribution is 2.10. The Morgan fingerprint density at radius 3 is 2.67 bits per heavy atom. The SMILES string of the molecule is CCn1nc(C)cc1C(=O)N(CC(N)=S)C(C)C. The maximum Gasteiger partial charge on any atom is 0.272 e. The van der Waals surface area contributed by atoms with Crippen molar-refractivity contribution in [3.05, 3.63) is 17.5 Å². The van der Waals surface area contributed by atoms with Crippen molar-refractivity contribution in [2.45, 2.75) is 40.3 Å². The molecule has 1 amide bonds. The van der Waals surface area contributed by atoms with E-state index in [0.717, 1.165) is 5.69 Å². The van der Waals surface area contributed by atoms with Gasteiger partial charge in [0.2, 0.25) is 0 Å². The van der Waals surface area contributed by atoms with Crippen LogP contribution in [0.4, 0.5) is 0 Å². The molecule has 0 saturated carbocycles. The third-order valence-corrected chi connectivity index (χ3v) is 2.76. The number of thiocarbonyl (C=S) groups is 1. The zero-order valence-corrected chi connectivity index (χ0v) is 12.1. The third kappa shape index (κ3) is 3.29. The molecule has 0 saturated heterocycles. The largest absolute Gasteiger partial charge is 0.392 e. The molecule has 18 heavy (non-hydrogen) atoms. The Hall–Kier alpha value is -1.43. The lowest BCUT2D eigenvalue weighted by molar-refractivity contribution is 0.0723. The van der Waals surface area contributed by atoms with Crippen molar-refractivity contribution in [3.63, 3.8) is 0 Å². The Kier molecular flexibility index (Phi) is 4.84. The van der Waals surface area contributed by atoms with Gasteiger partial charge in [-0.25, -0.2) is 0 Å². The molecular formula is C12H20N4OS. The molecule has 0 bridgehead atoms. The van der Waals surface area contributed by atoms with E-state index in [9.17, 15) is 4.79 Å². The van der Waals surface area contributed by atoms with Gasteiger partial charge in [-0.2, -0.15) is 5.10 Å². The van der Waals surface area contributed by atoms with Crippen LogP contribution in [0, 0.1) is 6.92 Å². The van der Waals surface area contributed by atoms with E-state index in [1.54, 1.807) is 15.6 Å². The summed E-state index contributed by atoms with van der Waals surface area (Å²) in [5.41, 5.74) is 6.95. The van der Waals surface area contributed by atoms with Crippen molar-refractivity contribution in [1.82, 2.24) is 14.7 Å². The minimum Gasteiger partial charge on any atom is -0.392 e. The first-order chi connectivity index (χ1) is 8.36. The molecule has 0 unspecified atom stereocenters. The number of amides is 1. The molecule has 0 fully saturated rings. The van der Waals surface area contributed by atoms with Gasteiger partial charge in [0.15, 0.2) is 0 Å². The predicted molar refractivity (Wildman–Crippen MR) is 75.6 cm³/mol. The van der Waals surface area contributed by atoms with Crippen LogP contribution in [0.1, 0.15) is 37.0 Å². The van der Waals surface area contributed by atoms with Crippen molar-refractivity contribution in [3.8, 4) is 0 Å². The van der Waals surface area contributed by atoms with Crippen LogP contribution in [-0.2, 0) is 6.54 Å². The maximum absolute atomic E-state index is 12.5. The minimum absolute atomic E-state index is 0.0412. The van der Waals surface area contributed by atoms with Crippen LogP contribution in [0.25, 0.3) is 0 Å². The summed E-state index contributed by atoms with van der Waals surface area (Å²) >= 11 is 4.89. The zero-order valence-electron chi connectivity index (χ0n) is 11.3. The van der Waals surface area contributed by atoms with Crippen molar-refractivity contribution >= 4 is 23.1 Å². The van der Waals surface area contributed by atoms with Gasteiger partial charge in [-0.3, -0.25) is 9.48 Å². The Balaban J connectivity index is 3.05. The van der Waals surface area contributed by atoms with E-state index < -0.39 is 0 Å². The lowest BCUT2D eigenvalue weighted by atomic mass is 10.2. The van der Waals surface area contributed by atoms with E-state index in [2.05, 4.69) is 5.10 Å². The number of hydrogen-bond acceptors (Lipinski definition) is 3. The molecule has 0 aliphatic heterocycles. The number of rotatable bonds is 5. The highest BCUT2D eigenvalue weighted by atomic mass is 32.1. The van der Waals surface area contributed by atoms with Crippen LogP contribution in [-0.4, -0.2) is 38.2 Å². The summed E-state index contributed by atoms with van der Waals surface area (Å²) in [7, 11) is 0. The molecule has 0 radical (unpaired) electrons. The third-order valence-electron chi connectivity index (χ3n) is 2.63. The van der Waals surface area contributed by atoms with Crippen molar-refractivity contribution in [1.29, 1.82) is 0 Å². The Morgan fingerprint density at radius 1 is 1.61 bits per heavy atom. The number of hydrogen-bond donors (Lipinski definition) is 1. The normalized spacial score (nSPS) is 10.7. The lowest BCUT2D eigenvalue weighted by Gasteiger charge is -2.26. The van der Waals surface area contributed by atoms with E-state index in [1.807, 2.05) is 27.7 Å². The second-order valence-corrected chi connectivity index (χ2v) is 5.00. The smallest absolute Gasteiger partial charge is 0.272 e. The molecule has 2 N–H and O–H groups in total. The van der Waals surface area contributed by atoms with E-state index in [4.69, 9.17) is 18.0 Å². The van der Waals surface area contributed by atoms with Crippen LogP contribution in [0.3, 0.4) is 0 Å². The highest BCUT2D eigenvalue weighted by Gasteiger charge is 2.22. The Bertz CT molecular complexity index is 453. The molecule has 1 heterocycles. The van der Waals surface area contributed by atoms with Gasteiger partial charge in [-0.05, 0) is 33.8 Å². The molecule has 5 nitrogen and oxygen atoms in total. The molecular weight excluding hydrogens is 248 g/mol. The van der Waals surface area contributed by atoms with Crippen LogP contribution in [0.5, 0.6) is 0 Å². The molecule has 0 atom stereocenters. The van der Waals surface area contributed by atoms with Crippen LogP contribution in [0.15, 0.2) is 6.07 Å². The van der Waals surface area contributed by atoms with Gasteiger partial charge in [0, 0.05) is 12.6 Å². The molecule has 1 aromatic rings. The average molecular weight is 268 g/mol. The summed E-state index contributed by atoms with van der Waals surface area (Å²) in [6.07, 6.45) is 0. The number of aryl methyl sites for hydroxylation is 2. The molecule has 1 aromatic heterocycles. The van der Waals surface area contributed by atoms with Crippen molar-refractivity contribution in [2.24, 2.45) is 5.73 Å². The van der Waals surface area contributed by atoms with E-state index in [0.29, 0.717) is 23.8 Å². The first-order valence-electron chi connectivity index (χ1n) is 6.00. The summed E-state index contributed by atoms with van der Waals surface area (Å²) in [4.78, 5) is 14.4. The Morgan fingerprint density at radius 2 is 2.22 bits per heavy atom. The monoisotopic (exact) mass is 268 g/mol. The summed E-state index contributed by atoms with van der Waals surface area (Å²) in [6, 6.07) is 1.83. The van der Waals surface area contributed by atoms with Crippen molar-refractivity contribution < 1.29 is 4.79 Å². The fourth-order valence-corrected chi connectivity index (χ4v) is 1.90. The quantitative estimate of drug-likeness (QED) is 0.819. The number of carbonyl (C=O) groups is 1. The highest BCUT2D eigenvalue weighted by molar-refractivity contribution is 7.80. The lowest BCUT2D eigenvalue weighted by Crippen LogP contribution is -2.43. The van der Waals surface area contributed by atoms with E-state index in [-0.39, 0.29) is 11.9 Å². The van der Waals surface area contributed by atoms with Gasteiger partial charge in [0.05, 0.1) is 17.2 Å². The summed E-state index contributed by atoms with van der Waals surface area (Å²) in [5.74, 6) is -0.0831. The number of nitrogens with zero attached hydrogens (tertiary/aromatic N) is 3. The van der Waals surface area contributed by atoms with Gasteiger partial charge in [-0.1, -0.05) is 12.2 Å². The van der Waals surface area contributed by atoms with Gasteiger partial charge in [0.1, 0.15) is 5.69 Å². The van der Waals surface area contributed by atoms with Crippen LogP contribution >= 0.6 is 12.2 Å². The number of nitrogens with two attached hydrogens (primary N) is 1. The molecule has 0 spiro atoms. The average Bonchev–Trinajstić information content (AvgIpc) is 2.65. The predicted octanol–water partition coefficient (Wildman–Crippen LogP) is 1.35. The molecule has 6 heteroatoms. The Labute approximate surface area is 113 Å². The second kappa shape index (κ2) is 5.95.